The number of carbonyl (C=O) groups is 6. The number of aromatic nitrogens is 2. The van der Waals surface area contributed by atoms with Crippen LogP contribution in [-0.4, -0.2) is 102 Å². The summed E-state index contributed by atoms with van der Waals surface area (Å²) in [5, 5.41) is 41.7. The van der Waals surface area contributed by atoms with E-state index >= 15 is 0 Å². The second-order valence-electron chi connectivity index (χ2n) is 12.8. The van der Waals surface area contributed by atoms with Gasteiger partial charge in [0, 0.05) is 72.8 Å². The zero-order valence-corrected chi connectivity index (χ0v) is 35.6. The molecule has 0 bridgehead atoms. The Kier molecular flexibility index (Phi) is 20.2. The number of hydrogen-bond acceptors (Lipinski definition) is 10. The number of benzene rings is 2. The molecule has 0 atom stereocenters. The lowest BCUT2D eigenvalue weighted by molar-refractivity contribution is -0.137. The van der Waals surface area contributed by atoms with E-state index in [1.807, 2.05) is 0 Å². The summed E-state index contributed by atoms with van der Waals surface area (Å²) in [6.45, 7) is 4.06. The van der Waals surface area contributed by atoms with E-state index in [9.17, 15) is 38.4 Å². The van der Waals surface area contributed by atoms with Crippen molar-refractivity contribution in [3.63, 3.8) is 0 Å². The van der Waals surface area contributed by atoms with Gasteiger partial charge in [-0.25, -0.2) is 9.36 Å². The standard InChI is InChI=1S/C38H48N4O12P2S2/c1-3-41-37(53)35(57-27-9-5-25(6-10-27)39-29(43)13-19-55(21-15-31(45)46)22-16-32(47)48)36(38(54)42(41)4-2)58-28-11-7-26(8-12-28)40-30(44)14-20-56(23-17-33(49)50)24-18-34(51)52/h5-12H,3-4,13-24H2,1-2H3,(H,39,43)(H,40,44)(H,45,46)(H,47,48)(H,49,50)(H,51,52). The molecule has 58 heavy (non-hydrogen) atoms. The second-order valence-corrected chi connectivity index (χ2v) is 20.3. The molecule has 1 aromatic heterocycles. The normalized spacial score (nSPS) is 11.1. The van der Waals surface area contributed by atoms with Gasteiger partial charge in [-0.3, -0.25) is 38.4 Å². The summed E-state index contributed by atoms with van der Waals surface area (Å²) in [6.07, 6.45) is 2.02. The molecule has 3 aromatic rings. The van der Waals surface area contributed by atoms with E-state index in [0.29, 0.717) is 58.1 Å². The Morgan fingerprint density at radius 2 is 0.776 bits per heavy atom. The number of hydrogen-bond donors (Lipinski definition) is 6. The smallest absolute Gasteiger partial charge is 0.303 e. The number of anilines is 2. The molecule has 0 saturated heterocycles. The van der Waals surface area contributed by atoms with E-state index in [4.69, 9.17) is 20.4 Å². The molecule has 314 valence electrons. The molecular weight excluding hydrogens is 831 g/mol. The molecule has 16 nitrogen and oxygen atoms in total. The maximum absolute atomic E-state index is 13.8. The average Bonchev–Trinajstić information content (AvgIpc) is 3.17. The van der Waals surface area contributed by atoms with E-state index in [2.05, 4.69) is 10.6 Å². The highest BCUT2D eigenvalue weighted by atomic mass is 32.2. The van der Waals surface area contributed by atoms with Gasteiger partial charge in [0.25, 0.3) is 11.1 Å². The van der Waals surface area contributed by atoms with Gasteiger partial charge in [-0.2, -0.15) is 0 Å². The van der Waals surface area contributed by atoms with Crippen molar-refractivity contribution in [2.45, 2.75) is 85.0 Å². The summed E-state index contributed by atoms with van der Waals surface area (Å²) in [4.78, 5) is 98.9. The third-order valence-electron chi connectivity index (χ3n) is 8.55. The lowest BCUT2D eigenvalue weighted by Crippen LogP contribution is -2.39. The summed E-state index contributed by atoms with van der Waals surface area (Å²) in [7, 11) is -1.90. The quantitative estimate of drug-likeness (QED) is 0.0516. The van der Waals surface area contributed by atoms with Gasteiger partial charge in [-0.05, 0) is 99.3 Å². The highest BCUT2D eigenvalue weighted by molar-refractivity contribution is 8.02. The maximum Gasteiger partial charge on any atom is 0.303 e. The molecule has 2 amide bonds. The molecule has 2 aromatic carbocycles. The Morgan fingerprint density at radius 1 is 0.500 bits per heavy atom. The van der Waals surface area contributed by atoms with Crippen LogP contribution in [-0.2, 0) is 41.9 Å². The lowest BCUT2D eigenvalue weighted by atomic mass is 10.3. The predicted molar refractivity (Wildman–Crippen MR) is 226 cm³/mol. The number of carboxylic acid groups (broad SMARTS) is 4. The fourth-order valence-corrected chi connectivity index (χ4v) is 12.0. The lowest BCUT2D eigenvalue weighted by Gasteiger charge is -2.17. The van der Waals surface area contributed by atoms with Crippen LogP contribution in [0.1, 0.15) is 52.4 Å². The molecule has 3 rings (SSSR count). The molecule has 6 N–H and O–H groups in total. The minimum absolute atomic E-state index is 0.0855. The topological polar surface area (TPSA) is 251 Å². The highest BCUT2D eigenvalue weighted by Crippen LogP contribution is 2.39. The number of carboxylic acids is 4. The van der Waals surface area contributed by atoms with Gasteiger partial charge < -0.3 is 31.1 Å². The first-order valence-corrected chi connectivity index (χ1v) is 23.9. The van der Waals surface area contributed by atoms with Crippen LogP contribution in [0.2, 0.25) is 0 Å². The number of rotatable bonds is 26. The van der Waals surface area contributed by atoms with Crippen molar-refractivity contribution < 1.29 is 49.2 Å². The minimum atomic E-state index is -0.970. The van der Waals surface area contributed by atoms with Crippen LogP contribution in [0.15, 0.2) is 77.7 Å². The molecule has 0 aliphatic carbocycles. The van der Waals surface area contributed by atoms with Crippen LogP contribution in [0.4, 0.5) is 11.4 Å². The van der Waals surface area contributed by atoms with Crippen LogP contribution in [0.3, 0.4) is 0 Å². The Labute approximate surface area is 345 Å². The third-order valence-corrected chi connectivity index (χ3v) is 16.0. The van der Waals surface area contributed by atoms with E-state index in [1.54, 1.807) is 62.4 Å². The van der Waals surface area contributed by atoms with Crippen molar-refractivity contribution in [2.24, 2.45) is 0 Å². The zero-order valence-electron chi connectivity index (χ0n) is 32.2. The molecule has 1 heterocycles. The van der Waals surface area contributed by atoms with Crippen LogP contribution in [0, 0.1) is 0 Å². The Bertz CT molecular complexity index is 1860. The molecule has 20 heteroatoms. The number of nitrogens with zero attached hydrogens (tertiary/aromatic N) is 2. The van der Waals surface area contributed by atoms with E-state index in [-0.39, 0.29) is 84.3 Å². The van der Waals surface area contributed by atoms with Gasteiger partial charge in [-0.1, -0.05) is 23.5 Å². The number of carbonyl (C=O) groups excluding carboxylic acids is 2. The van der Waals surface area contributed by atoms with Crippen molar-refractivity contribution in [1.82, 2.24) is 9.36 Å². The number of aliphatic carboxylic acids is 4. The third kappa shape index (κ3) is 16.4. The molecule has 0 spiro atoms. The van der Waals surface area contributed by atoms with Gasteiger partial charge in [0.05, 0.1) is 9.79 Å². The fraction of sp³-hybridized carbons (Fsp3) is 0.421. The van der Waals surface area contributed by atoms with Gasteiger partial charge in [0.15, 0.2) is 0 Å². The summed E-state index contributed by atoms with van der Waals surface area (Å²) in [5.74, 6) is -4.48. The van der Waals surface area contributed by atoms with Crippen molar-refractivity contribution >= 4 is 86.4 Å². The molecule has 0 aliphatic heterocycles. The summed E-state index contributed by atoms with van der Waals surface area (Å²) < 4.78 is 2.78. The van der Waals surface area contributed by atoms with Gasteiger partial charge >= 0.3 is 23.9 Å². The van der Waals surface area contributed by atoms with Crippen molar-refractivity contribution in [3.05, 3.63) is 69.2 Å². The molecule has 0 radical (unpaired) electrons. The first-order valence-electron chi connectivity index (χ1n) is 18.4. The van der Waals surface area contributed by atoms with E-state index < -0.39 is 39.7 Å². The van der Waals surface area contributed by atoms with Crippen molar-refractivity contribution in [3.8, 4) is 0 Å². The number of amides is 2. The van der Waals surface area contributed by atoms with Gasteiger partial charge in [0.2, 0.25) is 11.8 Å². The molecular formula is C38H48N4O12P2S2. The van der Waals surface area contributed by atoms with E-state index in [1.165, 1.54) is 9.36 Å². The SMILES string of the molecule is CCn1c(=O)c(Sc2ccc(NC(=O)CCP(CCC(=O)O)CCC(=O)O)cc2)c(Sc2ccc(NC(=O)CCP(CCC(=O)O)CCC(=O)O)cc2)c(=O)n1CC. The fourth-order valence-electron chi connectivity index (χ4n) is 5.56. The van der Waals surface area contributed by atoms with E-state index in [0.717, 1.165) is 23.5 Å². The zero-order chi connectivity index (χ0) is 42.8. The summed E-state index contributed by atoms with van der Waals surface area (Å²) in [5.41, 5.74) is 0.264. The molecule has 0 unspecified atom stereocenters. The van der Waals surface area contributed by atoms with Gasteiger partial charge in [0.1, 0.15) is 0 Å². The molecule has 0 fully saturated rings. The second kappa shape index (κ2) is 24.4. The predicted octanol–water partition coefficient (Wildman–Crippen LogP) is 5.87. The molecule has 0 saturated carbocycles. The van der Waals surface area contributed by atoms with Crippen LogP contribution >= 0.6 is 39.4 Å². The molecule has 0 aliphatic rings. The minimum Gasteiger partial charge on any atom is -0.481 e. The Morgan fingerprint density at radius 3 is 1.03 bits per heavy atom. The first-order chi connectivity index (χ1) is 27.6. The van der Waals surface area contributed by atoms with Crippen LogP contribution < -0.4 is 21.8 Å². The summed E-state index contributed by atoms with van der Waals surface area (Å²) >= 11 is 2.23. The monoisotopic (exact) mass is 878 g/mol. The Hall–Kier alpha value is -4.50. The average molecular weight is 879 g/mol. The van der Waals surface area contributed by atoms with Crippen molar-refractivity contribution in [2.75, 3.05) is 47.6 Å². The number of nitrogens with one attached hydrogen (secondary N) is 2. The largest absolute Gasteiger partial charge is 0.481 e. The summed E-state index contributed by atoms with van der Waals surface area (Å²) in [6, 6.07) is 13.5. The van der Waals surface area contributed by atoms with Gasteiger partial charge in [-0.15, -0.1) is 15.8 Å². The highest BCUT2D eigenvalue weighted by Gasteiger charge is 2.21. The van der Waals surface area contributed by atoms with Crippen LogP contribution in [0.5, 0.6) is 0 Å². The Balaban J connectivity index is 1.72. The van der Waals surface area contributed by atoms with Crippen molar-refractivity contribution in [1.29, 1.82) is 0 Å². The maximum atomic E-state index is 13.8. The van der Waals surface area contributed by atoms with Crippen LogP contribution in [0.25, 0.3) is 0 Å². The first kappa shape index (κ1) is 47.9.